The summed E-state index contributed by atoms with van der Waals surface area (Å²) in [6, 6.07) is 5.48. The molecule has 0 atom stereocenters. The number of hydrogen-bond donors (Lipinski definition) is 2. The third-order valence-electron chi connectivity index (χ3n) is 3.51. The highest BCUT2D eigenvalue weighted by molar-refractivity contribution is 5.95. The molecule has 7 nitrogen and oxygen atoms in total. The normalized spacial score (nSPS) is 12.2. The van der Waals surface area contributed by atoms with Crippen LogP contribution in [0.1, 0.15) is 12.7 Å². The number of para-hydroxylation sites is 1. The number of halogens is 2. The van der Waals surface area contributed by atoms with Gasteiger partial charge in [-0.15, -0.1) is 5.10 Å². The van der Waals surface area contributed by atoms with Crippen LogP contribution in [0.4, 0.5) is 14.7 Å². The summed E-state index contributed by atoms with van der Waals surface area (Å²) in [4.78, 5) is 8.78. The molecule has 0 aliphatic carbocycles. The zero-order valence-corrected chi connectivity index (χ0v) is 13.4. The lowest BCUT2D eigenvalue weighted by Crippen LogP contribution is -2.31. The zero-order valence-electron chi connectivity index (χ0n) is 13.4. The van der Waals surface area contributed by atoms with Crippen molar-refractivity contribution in [1.29, 1.82) is 0 Å². The first kappa shape index (κ1) is 16.3. The van der Waals surface area contributed by atoms with Crippen LogP contribution >= 0.6 is 0 Å². The molecule has 24 heavy (non-hydrogen) atoms. The Balaban J connectivity index is 1.90. The van der Waals surface area contributed by atoms with Gasteiger partial charge in [0.2, 0.25) is 5.95 Å². The van der Waals surface area contributed by atoms with Crippen molar-refractivity contribution in [3.63, 3.8) is 0 Å². The van der Waals surface area contributed by atoms with Crippen LogP contribution in [0.3, 0.4) is 0 Å². The molecule has 0 bridgehead atoms. The van der Waals surface area contributed by atoms with E-state index in [9.17, 15) is 8.78 Å². The summed E-state index contributed by atoms with van der Waals surface area (Å²) in [5, 5.41) is 7.74. The monoisotopic (exact) mass is 336 g/mol. The van der Waals surface area contributed by atoms with E-state index in [-0.39, 0.29) is 12.5 Å². The molecule has 128 valence electrons. The quantitative estimate of drug-likeness (QED) is 0.665. The number of anilines is 1. The summed E-state index contributed by atoms with van der Waals surface area (Å²) >= 11 is 0. The van der Waals surface area contributed by atoms with Gasteiger partial charge in [0.05, 0.1) is 13.7 Å². The highest BCUT2D eigenvalue weighted by Crippen LogP contribution is 2.27. The van der Waals surface area contributed by atoms with Crippen molar-refractivity contribution in [3.8, 4) is 5.75 Å². The number of fused-ring (bicyclic) bond motifs is 3. The molecule has 0 saturated heterocycles. The van der Waals surface area contributed by atoms with E-state index in [2.05, 4.69) is 20.4 Å². The molecule has 0 unspecified atom stereocenters. The van der Waals surface area contributed by atoms with E-state index >= 15 is 0 Å². The average Bonchev–Trinajstić information content (AvgIpc) is 2.95. The van der Waals surface area contributed by atoms with Crippen molar-refractivity contribution in [2.24, 2.45) is 0 Å². The van der Waals surface area contributed by atoms with E-state index in [4.69, 9.17) is 10.5 Å². The minimum Gasteiger partial charge on any atom is -0.494 e. The minimum absolute atomic E-state index is 0.189. The van der Waals surface area contributed by atoms with Crippen molar-refractivity contribution in [2.75, 3.05) is 25.9 Å². The molecule has 2 heterocycles. The number of nitrogens with two attached hydrogens (primary N) is 1. The summed E-state index contributed by atoms with van der Waals surface area (Å²) in [5.41, 5.74) is 7.12. The Morgan fingerprint density at radius 3 is 2.83 bits per heavy atom. The van der Waals surface area contributed by atoms with E-state index in [1.165, 1.54) is 4.52 Å². The van der Waals surface area contributed by atoms with Gasteiger partial charge in [-0.25, -0.2) is 18.7 Å². The lowest BCUT2D eigenvalue weighted by atomic mass is 10.2. The Kier molecular flexibility index (Phi) is 4.18. The number of ether oxygens (including phenoxy) is 1. The summed E-state index contributed by atoms with van der Waals surface area (Å²) in [7, 11) is 1.56. The summed E-state index contributed by atoms with van der Waals surface area (Å²) in [6.45, 7) is 0.828. The van der Waals surface area contributed by atoms with Gasteiger partial charge in [-0.2, -0.15) is 4.52 Å². The van der Waals surface area contributed by atoms with Gasteiger partial charge in [0.1, 0.15) is 11.3 Å². The van der Waals surface area contributed by atoms with Gasteiger partial charge in [0.25, 0.3) is 5.92 Å². The maximum atomic E-state index is 12.8. The molecule has 3 aromatic rings. The first-order chi connectivity index (χ1) is 11.4. The fraction of sp³-hybridized carbons (Fsp3) is 0.400. The molecule has 3 N–H and O–H groups in total. The van der Waals surface area contributed by atoms with Gasteiger partial charge in [0.15, 0.2) is 11.5 Å². The van der Waals surface area contributed by atoms with E-state index in [1.807, 2.05) is 12.1 Å². The number of alkyl halides is 2. The van der Waals surface area contributed by atoms with Gasteiger partial charge in [-0.1, -0.05) is 6.07 Å². The summed E-state index contributed by atoms with van der Waals surface area (Å²) in [5.74, 6) is -1.45. The van der Waals surface area contributed by atoms with Crippen LogP contribution in [0.25, 0.3) is 16.6 Å². The molecule has 0 aliphatic rings. The van der Waals surface area contributed by atoms with E-state index in [0.29, 0.717) is 35.7 Å². The van der Waals surface area contributed by atoms with Crippen LogP contribution in [-0.4, -0.2) is 45.7 Å². The standard InChI is InChI=1S/C15H18F2N6O/c1-15(16,17)8-19-7-6-11-20-13-9-4-3-5-10(24-2)12(9)21-14(18)23(13)22-11/h3-5,19H,6-8H2,1-2H3,(H2,18,21). The first-order valence-corrected chi connectivity index (χ1v) is 7.45. The molecule has 0 saturated carbocycles. The number of rotatable bonds is 6. The SMILES string of the molecule is COc1cccc2c1nc(N)n1nc(CCNCC(C)(F)F)nc21. The van der Waals surface area contributed by atoms with Crippen molar-refractivity contribution in [1.82, 2.24) is 24.9 Å². The first-order valence-electron chi connectivity index (χ1n) is 7.45. The minimum atomic E-state index is -2.74. The molecule has 3 rings (SSSR count). The molecular weight excluding hydrogens is 318 g/mol. The van der Waals surface area contributed by atoms with E-state index in [1.54, 1.807) is 13.2 Å². The van der Waals surface area contributed by atoms with Gasteiger partial charge >= 0.3 is 0 Å². The summed E-state index contributed by atoms with van der Waals surface area (Å²) in [6.07, 6.45) is 0.405. The number of methoxy groups -OCH3 is 1. The second-order valence-electron chi connectivity index (χ2n) is 5.59. The smallest absolute Gasteiger partial charge is 0.257 e. The molecule has 9 heteroatoms. The largest absolute Gasteiger partial charge is 0.494 e. The van der Waals surface area contributed by atoms with Crippen LogP contribution in [0.2, 0.25) is 0 Å². The van der Waals surface area contributed by atoms with Gasteiger partial charge in [-0.05, 0) is 12.1 Å². The maximum absolute atomic E-state index is 12.8. The van der Waals surface area contributed by atoms with Gasteiger partial charge < -0.3 is 15.8 Å². The molecule has 0 fully saturated rings. The molecule has 0 spiro atoms. The van der Waals surface area contributed by atoms with E-state index in [0.717, 1.165) is 12.3 Å². The average molecular weight is 336 g/mol. The van der Waals surface area contributed by atoms with Crippen LogP contribution in [0.15, 0.2) is 18.2 Å². The Labute approximate surface area is 136 Å². The molecule has 0 amide bonds. The Morgan fingerprint density at radius 2 is 2.12 bits per heavy atom. The molecular formula is C15H18F2N6O. The predicted octanol–water partition coefficient (Wildman–Crippen LogP) is 1.66. The number of nitrogens with zero attached hydrogens (tertiary/aromatic N) is 4. The maximum Gasteiger partial charge on any atom is 0.257 e. The van der Waals surface area contributed by atoms with Crippen molar-refractivity contribution in [3.05, 3.63) is 24.0 Å². The third kappa shape index (κ3) is 3.21. The lowest BCUT2D eigenvalue weighted by molar-refractivity contribution is 0.0230. The highest BCUT2D eigenvalue weighted by Gasteiger charge is 2.20. The fourth-order valence-corrected chi connectivity index (χ4v) is 2.45. The van der Waals surface area contributed by atoms with Crippen LogP contribution < -0.4 is 15.8 Å². The number of aromatic nitrogens is 4. The lowest BCUT2D eigenvalue weighted by Gasteiger charge is -2.10. The molecule has 0 radical (unpaired) electrons. The number of benzene rings is 1. The van der Waals surface area contributed by atoms with Gasteiger partial charge in [0, 0.05) is 25.3 Å². The molecule has 1 aromatic carbocycles. The third-order valence-corrected chi connectivity index (χ3v) is 3.51. The Bertz CT molecular complexity index is 874. The van der Waals surface area contributed by atoms with Crippen LogP contribution in [0, 0.1) is 0 Å². The Morgan fingerprint density at radius 1 is 1.33 bits per heavy atom. The van der Waals surface area contributed by atoms with Crippen molar-refractivity contribution in [2.45, 2.75) is 19.3 Å². The van der Waals surface area contributed by atoms with Crippen molar-refractivity contribution < 1.29 is 13.5 Å². The number of hydrogen-bond acceptors (Lipinski definition) is 6. The molecule has 2 aromatic heterocycles. The number of nitrogen functional groups attached to an aromatic ring is 1. The predicted molar refractivity (Wildman–Crippen MR) is 86.4 cm³/mol. The number of nitrogens with one attached hydrogen (secondary N) is 1. The Hall–Kier alpha value is -2.55. The van der Waals surface area contributed by atoms with Crippen LogP contribution in [-0.2, 0) is 6.42 Å². The van der Waals surface area contributed by atoms with E-state index < -0.39 is 5.92 Å². The fourth-order valence-electron chi connectivity index (χ4n) is 2.45. The molecule has 0 aliphatic heterocycles. The van der Waals surface area contributed by atoms with Crippen molar-refractivity contribution >= 4 is 22.5 Å². The topological polar surface area (TPSA) is 90.4 Å². The summed E-state index contributed by atoms with van der Waals surface area (Å²) < 4.78 is 32.3. The second-order valence-corrected chi connectivity index (χ2v) is 5.59. The zero-order chi connectivity index (χ0) is 17.3. The highest BCUT2D eigenvalue weighted by atomic mass is 19.3. The second kappa shape index (κ2) is 6.16. The van der Waals surface area contributed by atoms with Crippen LogP contribution in [0.5, 0.6) is 5.75 Å². The van der Waals surface area contributed by atoms with Gasteiger partial charge in [-0.3, -0.25) is 0 Å².